The van der Waals surface area contributed by atoms with Crippen molar-refractivity contribution < 1.29 is 0 Å². The first-order chi connectivity index (χ1) is 37.7. The van der Waals surface area contributed by atoms with Crippen molar-refractivity contribution in [2.24, 2.45) is 0 Å². The lowest BCUT2D eigenvalue weighted by molar-refractivity contribution is 0.748. The van der Waals surface area contributed by atoms with Gasteiger partial charge in [-0.25, -0.2) is 0 Å². The maximum atomic E-state index is 2.56. The van der Waals surface area contributed by atoms with Crippen LogP contribution < -0.4 is 4.90 Å². The van der Waals surface area contributed by atoms with E-state index < -0.39 is 10.8 Å². The van der Waals surface area contributed by atoms with Crippen LogP contribution in [-0.4, -0.2) is 4.57 Å². The van der Waals surface area contributed by atoms with Gasteiger partial charge in [-0.3, -0.25) is 0 Å². The van der Waals surface area contributed by atoms with Crippen LogP contribution in [0, 0.1) is 0 Å². The van der Waals surface area contributed by atoms with Crippen molar-refractivity contribution in [1.82, 2.24) is 4.57 Å². The fourth-order valence-corrected chi connectivity index (χ4v) is 14.7. The van der Waals surface area contributed by atoms with Gasteiger partial charge >= 0.3 is 0 Å². The van der Waals surface area contributed by atoms with Crippen LogP contribution in [0.4, 0.5) is 17.1 Å². The second-order valence-corrected chi connectivity index (χ2v) is 21.0. The van der Waals surface area contributed by atoms with Gasteiger partial charge in [-0.05, 0) is 137 Å². The number of nitrogens with zero attached hydrogens (tertiary/aromatic N) is 2. The quantitative estimate of drug-likeness (QED) is 0.167. The van der Waals surface area contributed by atoms with Crippen LogP contribution in [0.25, 0.3) is 83.1 Å². The fraction of sp³-hybridized carbons (Fsp3) is 0.0270. The van der Waals surface area contributed by atoms with E-state index in [1.807, 2.05) is 0 Å². The van der Waals surface area contributed by atoms with Crippen LogP contribution in [0.1, 0.15) is 44.5 Å². The summed E-state index contributed by atoms with van der Waals surface area (Å²) in [6.45, 7) is 0. The molecule has 12 aromatic carbocycles. The third-order valence-electron chi connectivity index (χ3n) is 17.6. The maximum absolute atomic E-state index is 2.56. The molecular formula is C74H46N2. The van der Waals surface area contributed by atoms with E-state index in [4.69, 9.17) is 0 Å². The average Bonchev–Trinajstić information content (AvgIpc) is 3.51. The lowest BCUT2D eigenvalue weighted by Gasteiger charge is -2.39. The summed E-state index contributed by atoms with van der Waals surface area (Å²) in [5.74, 6) is 0. The molecule has 352 valence electrons. The predicted octanol–water partition coefficient (Wildman–Crippen LogP) is 18.6. The molecule has 2 spiro atoms. The molecule has 0 bridgehead atoms. The molecular weight excluding hydrogens is 917 g/mol. The maximum Gasteiger partial charge on any atom is 0.0755 e. The number of hydrogen-bond acceptors (Lipinski definition) is 1. The first kappa shape index (κ1) is 41.7. The molecule has 1 aromatic heterocycles. The van der Waals surface area contributed by atoms with E-state index in [9.17, 15) is 0 Å². The molecule has 0 radical (unpaired) electrons. The third kappa shape index (κ3) is 5.25. The first-order valence-electron chi connectivity index (χ1n) is 26.6. The minimum atomic E-state index is -0.592. The van der Waals surface area contributed by atoms with Crippen LogP contribution in [0.3, 0.4) is 0 Å². The minimum absolute atomic E-state index is 0.491. The zero-order chi connectivity index (χ0) is 49.7. The highest BCUT2D eigenvalue weighted by Gasteiger charge is 2.53. The Bertz CT molecular complexity index is 4510. The molecule has 76 heavy (non-hydrogen) atoms. The first-order valence-corrected chi connectivity index (χ1v) is 26.6. The highest BCUT2D eigenvalue weighted by atomic mass is 15.1. The summed E-state index contributed by atoms with van der Waals surface area (Å²) in [7, 11) is 0. The van der Waals surface area contributed by atoms with Crippen LogP contribution in [-0.2, 0) is 10.8 Å². The van der Waals surface area contributed by atoms with Crippen molar-refractivity contribution in [2.45, 2.75) is 10.8 Å². The number of rotatable bonds is 5. The zero-order valence-corrected chi connectivity index (χ0v) is 41.5. The standard InChI is InChI=1S/C74H46N2/c1-2-18-47(19-3-1)48-36-38-49(39-37-48)50-40-42-51(43-41-50)75(52-44-45-56-55-22-6-11-28-62(55)73(67(56)46-52)60-26-9-4-20-53(60)54-21-5-10-27-61(54)73)70-35-17-31-65-71(70)59-24-7-12-29-63(59)74(65)64-30-13-15-34-69(64)76-68-33-14-8-23-57(68)58-25-16-32-66(74)72(58)76/h1-46H. The van der Waals surface area contributed by atoms with Crippen LogP contribution in [0.15, 0.2) is 279 Å². The average molecular weight is 963 g/mol. The van der Waals surface area contributed by atoms with Gasteiger partial charge in [0.1, 0.15) is 0 Å². The smallest absolute Gasteiger partial charge is 0.0755 e. The Labute approximate surface area is 441 Å². The second kappa shape index (κ2) is 15.4. The summed E-state index contributed by atoms with van der Waals surface area (Å²) in [4.78, 5) is 2.56. The number of fused-ring (bicyclic) bond motifs is 22. The Kier molecular flexibility index (Phi) is 8.44. The third-order valence-corrected chi connectivity index (χ3v) is 17.6. The van der Waals surface area contributed by atoms with Crippen molar-refractivity contribution in [3.63, 3.8) is 0 Å². The summed E-state index contributed by atoms with van der Waals surface area (Å²) in [6, 6.07) is 105. The van der Waals surface area contributed by atoms with E-state index in [0.717, 1.165) is 17.1 Å². The Morgan fingerprint density at radius 3 is 1.39 bits per heavy atom. The molecule has 0 saturated carbocycles. The molecule has 2 heterocycles. The SMILES string of the molecule is c1ccc(-c2ccc(-c3ccc(N(c4ccc5c(c4)C4(c6ccccc6-c6ccccc64)c4ccccc4-5)c4cccc5c4-c4ccccc4C54c5ccccc5-n5c6ccccc6c6cccc4c65)cc3)cc2)cc1. The number of aromatic nitrogens is 1. The lowest BCUT2D eigenvalue weighted by atomic mass is 9.65. The van der Waals surface area contributed by atoms with Crippen molar-refractivity contribution in [3.8, 4) is 61.3 Å². The van der Waals surface area contributed by atoms with Gasteiger partial charge in [-0.15, -0.1) is 0 Å². The fourth-order valence-electron chi connectivity index (χ4n) is 14.7. The summed E-state index contributed by atoms with van der Waals surface area (Å²) in [6.07, 6.45) is 0. The second-order valence-electron chi connectivity index (χ2n) is 21.0. The summed E-state index contributed by atoms with van der Waals surface area (Å²) < 4.78 is 2.53. The van der Waals surface area contributed by atoms with Crippen molar-refractivity contribution in [2.75, 3.05) is 4.90 Å². The van der Waals surface area contributed by atoms with E-state index in [2.05, 4.69) is 289 Å². The van der Waals surface area contributed by atoms with E-state index in [-0.39, 0.29) is 0 Å². The van der Waals surface area contributed by atoms with Crippen LogP contribution in [0.5, 0.6) is 0 Å². The van der Waals surface area contributed by atoms with E-state index >= 15 is 0 Å². The van der Waals surface area contributed by atoms with Gasteiger partial charge < -0.3 is 9.47 Å². The summed E-state index contributed by atoms with van der Waals surface area (Å²) in [5.41, 5.74) is 29.1. The Balaban J connectivity index is 0.928. The van der Waals surface area contributed by atoms with Crippen molar-refractivity contribution in [1.29, 1.82) is 0 Å². The van der Waals surface area contributed by atoms with Gasteiger partial charge in [0.05, 0.1) is 33.2 Å². The molecule has 17 rings (SSSR count). The van der Waals surface area contributed by atoms with Gasteiger partial charge in [-0.1, -0.05) is 237 Å². The van der Waals surface area contributed by atoms with Gasteiger partial charge in [-0.2, -0.15) is 0 Å². The Morgan fingerprint density at radius 2 is 0.724 bits per heavy atom. The molecule has 0 saturated heterocycles. The molecule has 1 aliphatic heterocycles. The molecule has 0 N–H and O–H groups in total. The van der Waals surface area contributed by atoms with Crippen molar-refractivity contribution >= 4 is 38.9 Å². The molecule has 13 aromatic rings. The highest BCUT2D eigenvalue weighted by Crippen LogP contribution is 2.66. The van der Waals surface area contributed by atoms with E-state index in [1.54, 1.807) is 0 Å². The summed E-state index contributed by atoms with van der Waals surface area (Å²) in [5, 5.41) is 2.56. The zero-order valence-electron chi connectivity index (χ0n) is 41.5. The number of anilines is 3. The predicted molar refractivity (Wildman–Crippen MR) is 313 cm³/mol. The minimum Gasteiger partial charge on any atom is -0.310 e. The van der Waals surface area contributed by atoms with Crippen molar-refractivity contribution in [3.05, 3.63) is 324 Å². The highest BCUT2D eigenvalue weighted by molar-refractivity contribution is 6.13. The van der Waals surface area contributed by atoms with E-state index in [0.29, 0.717) is 0 Å². The molecule has 2 heteroatoms. The van der Waals surface area contributed by atoms with Gasteiger partial charge in [0.15, 0.2) is 0 Å². The topological polar surface area (TPSA) is 8.17 Å². The van der Waals surface area contributed by atoms with Gasteiger partial charge in [0.2, 0.25) is 0 Å². The largest absolute Gasteiger partial charge is 0.310 e. The molecule has 0 fully saturated rings. The Morgan fingerprint density at radius 1 is 0.276 bits per heavy atom. The molecule has 0 amide bonds. The molecule has 1 atom stereocenters. The molecule has 1 unspecified atom stereocenters. The number of benzene rings is 12. The molecule has 2 nitrogen and oxygen atoms in total. The molecule has 4 aliphatic rings. The number of para-hydroxylation sites is 3. The van der Waals surface area contributed by atoms with Crippen LogP contribution in [0.2, 0.25) is 0 Å². The Hall–Kier alpha value is -9.76. The van der Waals surface area contributed by atoms with Gasteiger partial charge in [0, 0.05) is 27.7 Å². The monoisotopic (exact) mass is 962 g/mol. The number of hydrogen-bond donors (Lipinski definition) is 0. The van der Waals surface area contributed by atoms with Gasteiger partial charge in [0.25, 0.3) is 0 Å². The van der Waals surface area contributed by atoms with Crippen LogP contribution >= 0.6 is 0 Å². The normalized spacial score (nSPS) is 15.3. The van der Waals surface area contributed by atoms with E-state index in [1.165, 1.54) is 128 Å². The molecule has 3 aliphatic carbocycles. The lowest BCUT2D eigenvalue weighted by Crippen LogP contribution is -2.33. The summed E-state index contributed by atoms with van der Waals surface area (Å²) >= 11 is 0.